The Labute approximate surface area is 174 Å². The molecular formula is C20H26N8O2. The van der Waals surface area contributed by atoms with E-state index in [0.717, 1.165) is 50.1 Å². The third kappa shape index (κ3) is 3.58. The van der Waals surface area contributed by atoms with Crippen LogP contribution in [0.1, 0.15) is 36.2 Å². The summed E-state index contributed by atoms with van der Waals surface area (Å²) in [5, 5.41) is 8.29. The van der Waals surface area contributed by atoms with Crippen molar-refractivity contribution in [1.29, 1.82) is 0 Å². The Hall–Kier alpha value is -3.14. The summed E-state index contributed by atoms with van der Waals surface area (Å²) in [6, 6.07) is 2.47. The minimum Gasteiger partial charge on any atom is -0.431 e. The van der Waals surface area contributed by atoms with Gasteiger partial charge in [0.1, 0.15) is 6.26 Å². The van der Waals surface area contributed by atoms with E-state index < -0.39 is 0 Å². The molecule has 1 amide bonds. The van der Waals surface area contributed by atoms with Gasteiger partial charge in [0.15, 0.2) is 17.2 Å². The van der Waals surface area contributed by atoms with Gasteiger partial charge in [-0.15, -0.1) is 0 Å². The fourth-order valence-corrected chi connectivity index (χ4v) is 4.16. The van der Waals surface area contributed by atoms with Crippen molar-refractivity contribution in [2.75, 3.05) is 41.3 Å². The Balaban J connectivity index is 1.42. The van der Waals surface area contributed by atoms with Crippen molar-refractivity contribution in [3.05, 3.63) is 24.2 Å². The number of amides is 1. The molecule has 30 heavy (non-hydrogen) atoms. The van der Waals surface area contributed by atoms with Gasteiger partial charge in [-0.3, -0.25) is 9.48 Å². The second-order valence-corrected chi connectivity index (χ2v) is 8.09. The monoisotopic (exact) mass is 410 g/mol. The highest BCUT2D eigenvalue weighted by Crippen LogP contribution is 2.30. The number of aromatic nitrogens is 4. The van der Waals surface area contributed by atoms with Crippen molar-refractivity contribution >= 4 is 34.5 Å². The van der Waals surface area contributed by atoms with E-state index in [1.54, 1.807) is 4.68 Å². The van der Waals surface area contributed by atoms with Crippen molar-refractivity contribution < 1.29 is 9.21 Å². The van der Waals surface area contributed by atoms with E-state index in [2.05, 4.69) is 20.3 Å². The van der Waals surface area contributed by atoms with Crippen molar-refractivity contribution in [3.8, 4) is 0 Å². The van der Waals surface area contributed by atoms with Crippen LogP contribution in [0.5, 0.6) is 0 Å². The molecule has 0 aliphatic carbocycles. The Bertz CT molecular complexity index is 1070. The lowest BCUT2D eigenvalue weighted by atomic mass is 10.1. The first-order valence-electron chi connectivity index (χ1n) is 10.4. The lowest BCUT2D eigenvalue weighted by Crippen LogP contribution is -2.31. The maximum Gasteiger partial charge on any atom is 0.298 e. The molecule has 3 N–H and O–H groups in total. The summed E-state index contributed by atoms with van der Waals surface area (Å²) in [4.78, 5) is 26.2. The number of hydrogen-bond donors (Lipinski definition) is 2. The number of aryl methyl sites for hydroxylation is 1. The number of nitrogens with one attached hydrogen (secondary N) is 1. The topological polar surface area (TPSA) is 118 Å². The zero-order chi connectivity index (χ0) is 20.7. The van der Waals surface area contributed by atoms with E-state index in [0.29, 0.717) is 23.9 Å². The van der Waals surface area contributed by atoms with Crippen molar-refractivity contribution in [3.63, 3.8) is 0 Å². The molecule has 0 bridgehead atoms. The van der Waals surface area contributed by atoms with Crippen LogP contribution in [0.25, 0.3) is 11.0 Å². The number of nitrogens with two attached hydrogens (primary N) is 1. The van der Waals surface area contributed by atoms with Crippen LogP contribution in [0.4, 0.5) is 17.5 Å². The third-order valence-electron chi connectivity index (χ3n) is 5.71. The summed E-state index contributed by atoms with van der Waals surface area (Å²) >= 11 is 0. The highest BCUT2D eigenvalue weighted by molar-refractivity contribution is 6.05. The molecule has 10 nitrogen and oxygen atoms in total. The first-order chi connectivity index (χ1) is 14.6. The fourth-order valence-electron chi connectivity index (χ4n) is 4.16. The Morgan fingerprint density at radius 2 is 2.03 bits per heavy atom. The lowest BCUT2D eigenvalue weighted by molar-refractivity contribution is 0.102. The number of anilines is 3. The average Bonchev–Trinajstić information content (AvgIpc) is 3.46. The van der Waals surface area contributed by atoms with E-state index in [9.17, 15) is 4.79 Å². The zero-order valence-electron chi connectivity index (χ0n) is 17.0. The summed E-state index contributed by atoms with van der Waals surface area (Å²) in [5.41, 5.74) is 7.53. The first-order valence-corrected chi connectivity index (χ1v) is 10.4. The fraction of sp³-hybridized carbons (Fsp3) is 0.500. The van der Waals surface area contributed by atoms with Gasteiger partial charge in [-0.05, 0) is 31.7 Å². The van der Waals surface area contributed by atoms with Crippen LogP contribution in [0.15, 0.2) is 22.9 Å². The Morgan fingerprint density at radius 3 is 2.80 bits per heavy atom. The van der Waals surface area contributed by atoms with Gasteiger partial charge in [0, 0.05) is 50.9 Å². The summed E-state index contributed by atoms with van der Waals surface area (Å²) in [6.07, 6.45) is 7.61. The van der Waals surface area contributed by atoms with E-state index in [1.165, 1.54) is 12.7 Å². The average molecular weight is 410 g/mol. The molecule has 10 heteroatoms. The summed E-state index contributed by atoms with van der Waals surface area (Å²) in [5.74, 6) is 0.431. The third-order valence-corrected chi connectivity index (χ3v) is 5.71. The Kier molecular flexibility index (Phi) is 4.78. The van der Waals surface area contributed by atoms with Crippen molar-refractivity contribution in [2.45, 2.75) is 31.7 Å². The number of nitrogens with zero attached hydrogens (tertiary/aromatic N) is 6. The van der Waals surface area contributed by atoms with Crippen LogP contribution in [0.2, 0.25) is 0 Å². The van der Waals surface area contributed by atoms with E-state index in [1.807, 2.05) is 24.2 Å². The number of carbonyl (C=O) groups is 1. The molecule has 0 saturated carbocycles. The van der Waals surface area contributed by atoms with Gasteiger partial charge in [-0.25, -0.2) is 4.98 Å². The molecule has 3 aromatic heterocycles. The maximum atomic E-state index is 12.9. The van der Waals surface area contributed by atoms with Gasteiger partial charge in [-0.2, -0.15) is 10.1 Å². The molecule has 2 aliphatic rings. The minimum absolute atomic E-state index is 0.110. The van der Waals surface area contributed by atoms with Crippen LogP contribution in [0, 0.1) is 0 Å². The SMILES string of the molecule is Cn1cc2cc(NC(=O)c3coc(N4CC[C@H](N)C4)n3)c(N3CCCCC3)nc2n1. The van der Waals surface area contributed by atoms with E-state index in [-0.39, 0.29) is 17.6 Å². The molecule has 2 fully saturated rings. The number of rotatable bonds is 4. The van der Waals surface area contributed by atoms with Crippen molar-refractivity contribution in [2.24, 2.45) is 12.8 Å². The highest BCUT2D eigenvalue weighted by atomic mass is 16.4. The smallest absolute Gasteiger partial charge is 0.298 e. The summed E-state index contributed by atoms with van der Waals surface area (Å²) < 4.78 is 7.27. The number of carbonyl (C=O) groups excluding carboxylic acids is 1. The van der Waals surface area contributed by atoms with Crippen LogP contribution >= 0.6 is 0 Å². The van der Waals surface area contributed by atoms with Crippen LogP contribution in [-0.4, -0.2) is 57.9 Å². The lowest BCUT2D eigenvalue weighted by Gasteiger charge is -2.29. The predicted octanol–water partition coefficient (Wildman–Crippen LogP) is 1.74. The molecule has 0 unspecified atom stereocenters. The predicted molar refractivity (Wildman–Crippen MR) is 114 cm³/mol. The number of piperidine rings is 1. The van der Waals surface area contributed by atoms with Gasteiger partial charge in [0.2, 0.25) is 0 Å². The first kappa shape index (κ1) is 18.9. The molecule has 1 atom stereocenters. The largest absolute Gasteiger partial charge is 0.431 e. The molecule has 158 valence electrons. The van der Waals surface area contributed by atoms with E-state index >= 15 is 0 Å². The number of pyridine rings is 1. The molecule has 5 rings (SSSR count). The number of oxazole rings is 1. The van der Waals surface area contributed by atoms with Gasteiger partial charge >= 0.3 is 0 Å². The Morgan fingerprint density at radius 1 is 1.20 bits per heavy atom. The summed E-state index contributed by atoms with van der Waals surface area (Å²) in [7, 11) is 1.86. The van der Waals surface area contributed by atoms with Gasteiger partial charge in [-0.1, -0.05) is 0 Å². The second kappa shape index (κ2) is 7.60. The quantitative estimate of drug-likeness (QED) is 0.668. The normalized spacial score (nSPS) is 19.6. The molecule has 0 aromatic carbocycles. The van der Waals surface area contributed by atoms with Gasteiger partial charge in [0.25, 0.3) is 11.9 Å². The molecule has 3 aromatic rings. The van der Waals surface area contributed by atoms with Gasteiger partial charge < -0.3 is 25.3 Å². The van der Waals surface area contributed by atoms with E-state index in [4.69, 9.17) is 15.1 Å². The van der Waals surface area contributed by atoms with Crippen LogP contribution < -0.4 is 20.9 Å². The van der Waals surface area contributed by atoms with Crippen LogP contribution in [0.3, 0.4) is 0 Å². The van der Waals surface area contributed by atoms with Crippen molar-refractivity contribution in [1.82, 2.24) is 19.7 Å². The molecule has 0 spiro atoms. The maximum absolute atomic E-state index is 12.9. The number of fused-ring (bicyclic) bond motifs is 1. The van der Waals surface area contributed by atoms with Gasteiger partial charge in [0.05, 0.1) is 5.69 Å². The molecule has 5 heterocycles. The highest BCUT2D eigenvalue weighted by Gasteiger charge is 2.25. The minimum atomic E-state index is -0.322. The second-order valence-electron chi connectivity index (χ2n) is 8.09. The zero-order valence-corrected chi connectivity index (χ0v) is 17.0. The molecule has 2 saturated heterocycles. The number of hydrogen-bond acceptors (Lipinski definition) is 8. The standard InChI is InChI=1S/C20H26N8O2/c1-26-10-13-9-15(18(24-17(13)25-26)27-6-3-2-4-7-27)22-19(29)16-12-30-20(23-16)28-8-5-14(21)11-28/h9-10,12,14H,2-8,11,21H2,1H3,(H,22,29)/t14-/m0/s1. The summed E-state index contributed by atoms with van der Waals surface area (Å²) in [6.45, 7) is 3.29. The molecular weight excluding hydrogens is 384 g/mol. The molecule has 0 radical (unpaired) electrons. The van der Waals surface area contributed by atoms with Crippen LogP contribution in [-0.2, 0) is 7.05 Å². The molecule has 2 aliphatic heterocycles.